The van der Waals surface area contributed by atoms with Crippen LogP contribution in [0.4, 0.5) is 19.0 Å². The molecule has 212 valence electrons. The van der Waals surface area contributed by atoms with E-state index in [-0.39, 0.29) is 11.1 Å². The Hall–Kier alpha value is -3.67. The first-order valence-corrected chi connectivity index (χ1v) is 13.0. The van der Waals surface area contributed by atoms with E-state index in [2.05, 4.69) is 20.4 Å². The first-order valence-electron chi connectivity index (χ1n) is 12.7. The number of halogens is 4. The summed E-state index contributed by atoms with van der Waals surface area (Å²) in [5.74, 6) is -0.262. The molecule has 0 bridgehead atoms. The van der Waals surface area contributed by atoms with Crippen LogP contribution in [0, 0.1) is 0 Å². The fraction of sp³-hybridized carbons (Fsp3) is 0.321. The molecule has 0 aliphatic rings. The number of aromatic nitrogens is 2. The van der Waals surface area contributed by atoms with Crippen LogP contribution in [0.1, 0.15) is 35.7 Å². The van der Waals surface area contributed by atoms with Crippen molar-refractivity contribution < 1.29 is 27.4 Å². The van der Waals surface area contributed by atoms with Gasteiger partial charge in [-0.05, 0) is 62.2 Å². The topological polar surface area (TPSA) is 111 Å². The van der Waals surface area contributed by atoms with Gasteiger partial charge >= 0.3 is 6.36 Å². The molecule has 4 rings (SSSR count). The molecule has 2 aromatic heterocycles. The van der Waals surface area contributed by atoms with E-state index in [1.165, 1.54) is 18.2 Å². The van der Waals surface area contributed by atoms with Crippen LogP contribution >= 0.6 is 11.6 Å². The van der Waals surface area contributed by atoms with E-state index in [0.29, 0.717) is 43.2 Å². The molecule has 1 amide bonds. The van der Waals surface area contributed by atoms with Gasteiger partial charge in [-0.2, -0.15) is 0 Å². The summed E-state index contributed by atoms with van der Waals surface area (Å²) in [6, 6.07) is 11.3. The summed E-state index contributed by atoms with van der Waals surface area (Å²) in [5, 5.41) is 9.26. The van der Waals surface area contributed by atoms with E-state index in [4.69, 9.17) is 27.1 Å². The molecule has 40 heavy (non-hydrogen) atoms. The molecule has 2 heterocycles. The van der Waals surface area contributed by atoms with Crippen molar-refractivity contribution in [3.05, 3.63) is 71.0 Å². The number of alkyl halides is 3. The van der Waals surface area contributed by atoms with Crippen LogP contribution in [0.15, 0.2) is 54.9 Å². The van der Waals surface area contributed by atoms with Gasteiger partial charge in [0.2, 0.25) is 5.91 Å². The molecule has 0 saturated carbocycles. The van der Waals surface area contributed by atoms with Gasteiger partial charge in [-0.15, -0.1) is 13.2 Å². The number of pyridine rings is 2. The molecule has 12 heteroatoms. The average molecular weight is 576 g/mol. The normalized spacial score (nSPS) is 12.5. The van der Waals surface area contributed by atoms with Crippen molar-refractivity contribution in [2.75, 3.05) is 25.1 Å². The van der Waals surface area contributed by atoms with Crippen molar-refractivity contribution in [3.63, 3.8) is 0 Å². The molecule has 8 nitrogen and oxygen atoms in total. The molecular weight excluding hydrogens is 547 g/mol. The van der Waals surface area contributed by atoms with E-state index in [9.17, 15) is 18.0 Å². The maximum absolute atomic E-state index is 12.4. The number of carbonyl (C=O) groups excluding carboxylic acids is 1. The Morgan fingerprint density at radius 3 is 2.67 bits per heavy atom. The second kappa shape index (κ2) is 13.1. The van der Waals surface area contributed by atoms with E-state index in [1.807, 2.05) is 19.1 Å². The summed E-state index contributed by atoms with van der Waals surface area (Å²) in [4.78, 5) is 20.6. The molecule has 4 N–H and O–H groups in total. The second-order valence-electron chi connectivity index (χ2n) is 9.29. The van der Waals surface area contributed by atoms with Gasteiger partial charge < -0.3 is 25.8 Å². The van der Waals surface area contributed by atoms with Crippen LogP contribution in [-0.2, 0) is 11.3 Å². The Labute approximate surface area is 234 Å². The number of nitrogens with zero attached hydrogens (tertiary/aromatic N) is 2. The largest absolute Gasteiger partial charge is 0.573 e. The second-order valence-corrected chi connectivity index (χ2v) is 9.70. The number of fused-ring (bicyclic) bond motifs is 3. The number of benzene rings is 2. The Morgan fingerprint density at radius 2 is 1.93 bits per heavy atom. The molecule has 0 aliphatic carbocycles. The standard InChI is InChI=1S/C28H29ClF3N5O3/c1-17(16-39-11-3-2-9-34-14-18-4-7-25(23(29)12-18)40-28(30,31)32)36-27-21-8-10-35-15-22(21)20-6-5-19(26(33)38)13-24(20)37-27/h4-8,10,12-13,15,17,34H,2-3,9,11,14,16H2,1H3,(H2,33,38)(H,36,37). The minimum atomic E-state index is -4.78. The highest BCUT2D eigenvalue weighted by Gasteiger charge is 2.32. The number of carbonyl (C=O) groups is 1. The van der Waals surface area contributed by atoms with Gasteiger partial charge in [0.25, 0.3) is 0 Å². The first-order chi connectivity index (χ1) is 19.1. The monoisotopic (exact) mass is 575 g/mol. The SMILES string of the molecule is CC(COCCCCNCc1ccc(OC(F)(F)F)c(Cl)c1)Nc1nc2cc(C(N)=O)ccc2c2cnccc12. The lowest BCUT2D eigenvalue weighted by atomic mass is 10.1. The number of primary amides is 1. The Kier molecular flexibility index (Phi) is 9.62. The Bertz CT molecular complexity index is 1490. The highest BCUT2D eigenvalue weighted by Crippen LogP contribution is 2.31. The van der Waals surface area contributed by atoms with Crippen molar-refractivity contribution in [2.45, 2.75) is 38.7 Å². The maximum atomic E-state index is 12.4. The van der Waals surface area contributed by atoms with Crippen molar-refractivity contribution in [1.82, 2.24) is 15.3 Å². The summed E-state index contributed by atoms with van der Waals surface area (Å²) >= 11 is 5.88. The maximum Gasteiger partial charge on any atom is 0.573 e. The quantitative estimate of drug-likeness (QED) is 0.136. The highest BCUT2D eigenvalue weighted by atomic mass is 35.5. The fourth-order valence-corrected chi connectivity index (χ4v) is 4.44. The number of nitrogens with one attached hydrogen (secondary N) is 2. The van der Waals surface area contributed by atoms with Gasteiger partial charge in [-0.3, -0.25) is 9.78 Å². The summed E-state index contributed by atoms with van der Waals surface area (Å²) in [6.07, 6.45) is 0.389. The predicted octanol–water partition coefficient (Wildman–Crippen LogP) is 5.82. The summed E-state index contributed by atoms with van der Waals surface area (Å²) in [6.45, 7) is 4.21. The van der Waals surface area contributed by atoms with Crippen LogP contribution in [0.25, 0.3) is 21.7 Å². The van der Waals surface area contributed by atoms with Gasteiger partial charge in [-0.25, -0.2) is 4.98 Å². The van der Waals surface area contributed by atoms with E-state index >= 15 is 0 Å². The Morgan fingerprint density at radius 1 is 1.10 bits per heavy atom. The van der Waals surface area contributed by atoms with Crippen molar-refractivity contribution in [1.29, 1.82) is 0 Å². The molecular formula is C28H29ClF3N5O3. The summed E-state index contributed by atoms with van der Waals surface area (Å²) in [5.41, 5.74) is 7.23. The third-order valence-corrected chi connectivity index (χ3v) is 6.37. The lowest BCUT2D eigenvalue weighted by Gasteiger charge is -2.17. The zero-order valence-corrected chi connectivity index (χ0v) is 22.5. The number of rotatable bonds is 13. The fourth-order valence-electron chi connectivity index (χ4n) is 4.20. The van der Waals surface area contributed by atoms with Crippen LogP contribution in [0.2, 0.25) is 5.02 Å². The van der Waals surface area contributed by atoms with E-state index in [0.717, 1.165) is 34.6 Å². The smallest absolute Gasteiger partial charge is 0.404 e. The van der Waals surface area contributed by atoms with Crippen LogP contribution in [0.5, 0.6) is 5.75 Å². The third kappa shape index (κ3) is 7.93. The van der Waals surface area contributed by atoms with Gasteiger partial charge in [0.1, 0.15) is 11.6 Å². The molecule has 0 aliphatic heterocycles. The lowest BCUT2D eigenvalue weighted by Crippen LogP contribution is -2.23. The molecule has 0 spiro atoms. The Balaban J connectivity index is 1.20. The number of amides is 1. The number of ether oxygens (including phenoxy) is 2. The lowest BCUT2D eigenvalue weighted by molar-refractivity contribution is -0.274. The first kappa shape index (κ1) is 29.3. The zero-order chi connectivity index (χ0) is 28.7. The van der Waals surface area contributed by atoms with Crippen molar-refractivity contribution >= 4 is 45.0 Å². The van der Waals surface area contributed by atoms with Crippen LogP contribution in [-0.4, -0.2) is 48.0 Å². The van der Waals surface area contributed by atoms with E-state index in [1.54, 1.807) is 24.5 Å². The number of hydrogen-bond acceptors (Lipinski definition) is 7. The van der Waals surface area contributed by atoms with Gasteiger partial charge in [0.05, 0.1) is 17.1 Å². The number of unbranched alkanes of at least 4 members (excludes halogenated alkanes) is 1. The number of anilines is 1. The molecule has 1 atom stereocenters. The zero-order valence-electron chi connectivity index (χ0n) is 21.7. The van der Waals surface area contributed by atoms with E-state index < -0.39 is 18.0 Å². The van der Waals surface area contributed by atoms with Crippen LogP contribution in [0.3, 0.4) is 0 Å². The summed E-state index contributed by atoms with van der Waals surface area (Å²) < 4.78 is 46.8. The summed E-state index contributed by atoms with van der Waals surface area (Å²) in [7, 11) is 0. The molecule has 0 fully saturated rings. The average Bonchev–Trinajstić information content (AvgIpc) is 2.90. The third-order valence-electron chi connectivity index (χ3n) is 6.08. The minimum absolute atomic E-state index is 0.0344. The van der Waals surface area contributed by atoms with Gasteiger partial charge in [0, 0.05) is 53.3 Å². The minimum Gasteiger partial charge on any atom is -0.404 e. The number of hydrogen-bond donors (Lipinski definition) is 3. The van der Waals surface area contributed by atoms with Crippen LogP contribution < -0.4 is 21.1 Å². The van der Waals surface area contributed by atoms with Crippen molar-refractivity contribution in [3.8, 4) is 5.75 Å². The molecule has 2 aromatic carbocycles. The highest BCUT2D eigenvalue weighted by molar-refractivity contribution is 6.32. The molecule has 4 aromatic rings. The molecule has 0 radical (unpaired) electrons. The van der Waals surface area contributed by atoms with Crippen molar-refractivity contribution in [2.24, 2.45) is 5.73 Å². The molecule has 1 unspecified atom stereocenters. The van der Waals surface area contributed by atoms with Gasteiger partial charge in [-0.1, -0.05) is 23.7 Å². The number of nitrogens with two attached hydrogens (primary N) is 1. The molecule has 0 saturated heterocycles. The van der Waals surface area contributed by atoms with Gasteiger partial charge in [0.15, 0.2) is 0 Å². The predicted molar refractivity (Wildman–Crippen MR) is 149 cm³/mol.